The minimum absolute atomic E-state index is 0.391. The number of hydrogen-bond donors (Lipinski definition) is 2. The second kappa shape index (κ2) is 4.75. The molecule has 0 aliphatic carbocycles. The highest BCUT2D eigenvalue weighted by molar-refractivity contribution is 7.52. The van der Waals surface area contributed by atoms with Crippen molar-refractivity contribution in [3.63, 3.8) is 0 Å². The van der Waals surface area contributed by atoms with Crippen molar-refractivity contribution in [3.8, 4) is 0 Å². The molecule has 3 unspecified atom stereocenters. The van der Waals surface area contributed by atoms with Crippen molar-refractivity contribution in [2.75, 3.05) is 12.8 Å². The van der Waals surface area contributed by atoms with Crippen LogP contribution in [0.15, 0.2) is 0 Å². The molecule has 3 nitrogen and oxygen atoms in total. The summed E-state index contributed by atoms with van der Waals surface area (Å²) in [4.78, 5) is 9.35. The molecule has 1 fully saturated rings. The summed E-state index contributed by atoms with van der Waals surface area (Å²) in [5, 5.41) is 9.30. The fourth-order valence-electron chi connectivity index (χ4n) is 1.31. The van der Waals surface area contributed by atoms with Crippen LogP contribution in [0, 0.1) is 0 Å². The van der Waals surface area contributed by atoms with Crippen LogP contribution in [0.2, 0.25) is 0 Å². The molecule has 1 rings (SSSR count). The van der Waals surface area contributed by atoms with Crippen molar-refractivity contribution in [2.24, 2.45) is 0 Å². The lowest BCUT2D eigenvalue weighted by atomic mass is 10.2. The van der Waals surface area contributed by atoms with E-state index in [-0.39, 0.29) is 0 Å². The number of halogens is 3. The summed E-state index contributed by atoms with van der Waals surface area (Å²) in [6.07, 6.45) is -3.92. The summed E-state index contributed by atoms with van der Waals surface area (Å²) >= 11 is 0. The number of aliphatic hydroxyl groups is 1. The van der Waals surface area contributed by atoms with E-state index in [1.54, 1.807) is 0 Å². The van der Waals surface area contributed by atoms with Crippen LogP contribution < -0.4 is 0 Å². The maximum Gasteiger partial charge on any atom is 0.411 e. The first-order chi connectivity index (χ1) is 6.40. The smallest absolute Gasteiger partial charge is 0.390 e. The Bertz CT molecular complexity index is 178. The average molecular weight is 232 g/mol. The van der Waals surface area contributed by atoms with Crippen LogP contribution in [0.25, 0.3) is 0 Å². The molecule has 1 saturated heterocycles. The second-order valence-electron chi connectivity index (χ2n) is 3.19. The third-order valence-electron chi connectivity index (χ3n) is 1.93. The van der Waals surface area contributed by atoms with Gasteiger partial charge in [-0.15, -0.1) is 0 Å². The summed E-state index contributed by atoms with van der Waals surface area (Å²) in [5.74, 6) is -1.04. The molecule has 1 aliphatic rings. The van der Waals surface area contributed by atoms with Gasteiger partial charge < -0.3 is 14.7 Å². The van der Waals surface area contributed by atoms with E-state index in [2.05, 4.69) is 4.74 Å². The first-order valence-corrected chi connectivity index (χ1v) is 5.77. The molecule has 1 heterocycles. The van der Waals surface area contributed by atoms with Gasteiger partial charge in [-0.2, -0.15) is 13.2 Å². The van der Waals surface area contributed by atoms with E-state index in [0.717, 1.165) is 0 Å². The highest BCUT2D eigenvalue weighted by Crippen LogP contribution is 2.45. The number of alkyl halides is 3. The lowest BCUT2D eigenvalue weighted by molar-refractivity contribution is -0.185. The van der Waals surface area contributed by atoms with Crippen molar-refractivity contribution < 1.29 is 27.9 Å². The van der Waals surface area contributed by atoms with Gasteiger partial charge in [0.2, 0.25) is 0 Å². The molecule has 1 aliphatic heterocycles. The van der Waals surface area contributed by atoms with Gasteiger partial charge in [0.05, 0.1) is 14.3 Å². The molecule has 0 aromatic heterocycles. The van der Waals surface area contributed by atoms with Gasteiger partial charge in [-0.3, -0.25) is 0 Å². The largest absolute Gasteiger partial charge is 0.411 e. The molecular weight excluding hydrogens is 220 g/mol. The van der Waals surface area contributed by atoms with Crippen LogP contribution in [-0.4, -0.2) is 40.9 Å². The van der Waals surface area contributed by atoms with E-state index in [9.17, 15) is 23.2 Å². The van der Waals surface area contributed by atoms with Gasteiger partial charge in [0, 0.05) is 0 Å². The molecule has 0 radical (unpaired) electrons. The third kappa shape index (κ3) is 3.69. The van der Waals surface area contributed by atoms with Crippen LogP contribution in [0.4, 0.5) is 13.2 Å². The minimum atomic E-state index is -4.41. The van der Waals surface area contributed by atoms with Crippen LogP contribution in [0.5, 0.6) is 0 Å². The van der Waals surface area contributed by atoms with E-state index >= 15 is 0 Å². The molecule has 0 spiro atoms. The number of hydrogen-bond acceptors (Lipinski definition) is 3. The van der Waals surface area contributed by atoms with Crippen LogP contribution in [0.3, 0.4) is 0 Å². The number of rotatable bonds is 2. The Morgan fingerprint density at radius 2 is 2.07 bits per heavy atom. The van der Waals surface area contributed by atoms with E-state index in [1.165, 1.54) is 0 Å². The molecule has 0 bridgehead atoms. The molecule has 84 valence electrons. The molecular formula is C7H12F3O3P. The average Bonchev–Trinajstić information content (AvgIpc) is 2.01. The predicted octanol–water partition coefficient (Wildman–Crippen LogP) is 1.44. The van der Waals surface area contributed by atoms with Crippen molar-refractivity contribution in [2.45, 2.75) is 31.0 Å². The van der Waals surface area contributed by atoms with Crippen molar-refractivity contribution in [1.29, 1.82) is 0 Å². The Morgan fingerprint density at radius 1 is 1.43 bits per heavy atom. The van der Waals surface area contributed by atoms with E-state index in [1.807, 2.05) is 0 Å². The first kappa shape index (κ1) is 12.2. The van der Waals surface area contributed by atoms with Gasteiger partial charge in [0.25, 0.3) is 0 Å². The lowest BCUT2D eigenvalue weighted by Crippen LogP contribution is -2.34. The summed E-state index contributed by atoms with van der Waals surface area (Å²) in [6, 6.07) is 0. The second-order valence-corrected chi connectivity index (χ2v) is 5.02. The zero-order valence-electron chi connectivity index (χ0n) is 7.37. The van der Waals surface area contributed by atoms with Gasteiger partial charge in [0.15, 0.2) is 0 Å². The van der Waals surface area contributed by atoms with Gasteiger partial charge in [0.1, 0.15) is 12.5 Å². The SMILES string of the molecule is OC1CCCP(O)C1OCC(F)(F)F. The third-order valence-corrected chi connectivity index (χ3v) is 3.78. The number of ether oxygens (including phenoxy) is 1. The fraction of sp³-hybridized carbons (Fsp3) is 1.00. The molecule has 0 aromatic rings. The summed E-state index contributed by atoms with van der Waals surface area (Å²) in [6.45, 7) is -1.41. The van der Waals surface area contributed by atoms with Crippen LogP contribution in [0.1, 0.15) is 12.8 Å². The summed E-state index contributed by atoms with van der Waals surface area (Å²) in [7, 11) is -1.62. The molecule has 7 heteroatoms. The Balaban J connectivity index is 2.40. The van der Waals surface area contributed by atoms with E-state index in [0.29, 0.717) is 19.0 Å². The predicted molar refractivity (Wildman–Crippen MR) is 45.0 cm³/mol. The van der Waals surface area contributed by atoms with Crippen molar-refractivity contribution >= 4 is 8.15 Å². The highest BCUT2D eigenvalue weighted by Gasteiger charge is 2.36. The van der Waals surface area contributed by atoms with E-state index in [4.69, 9.17) is 0 Å². The molecule has 0 saturated carbocycles. The standard InChI is InChI=1S/C7H12F3O3P/c8-7(9,10)4-13-6-5(11)2-1-3-14(6)12/h5-6,11-12H,1-4H2. The molecule has 2 N–H and O–H groups in total. The number of aliphatic hydroxyl groups excluding tert-OH is 1. The molecule has 0 amide bonds. The van der Waals surface area contributed by atoms with Gasteiger partial charge in [-0.1, -0.05) is 0 Å². The van der Waals surface area contributed by atoms with Gasteiger partial charge in [-0.25, -0.2) is 0 Å². The Kier molecular flexibility index (Phi) is 4.13. The van der Waals surface area contributed by atoms with Crippen molar-refractivity contribution in [3.05, 3.63) is 0 Å². The van der Waals surface area contributed by atoms with E-state index < -0.39 is 32.9 Å². The Hall–Kier alpha value is 0.100. The first-order valence-electron chi connectivity index (χ1n) is 4.22. The van der Waals surface area contributed by atoms with Crippen LogP contribution in [-0.2, 0) is 4.74 Å². The van der Waals surface area contributed by atoms with Gasteiger partial charge >= 0.3 is 6.18 Å². The van der Waals surface area contributed by atoms with Gasteiger partial charge in [-0.05, 0) is 19.0 Å². The monoisotopic (exact) mass is 232 g/mol. The maximum absolute atomic E-state index is 11.8. The van der Waals surface area contributed by atoms with Crippen LogP contribution >= 0.6 is 8.15 Å². The summed E-state index contributed by atoms with van der Waals surface area (Å²) in [5.41, 5.74) is 0. The topological polar surface area (TPSA) is 49.7 Å². The Labute approximate surface area is 80.7 Å². The maximum atomic E-state index is 11.8. The zero-order valence-corrected chi connectivity index (χ0v) is 8.26. The molecule has 14 heavy (non-hydrogen) atoms. The summed E-state index contributed by atoms with van der Waals surface area (Å²) < 4.78 is 39.8. The zero-order chi connectivity index (χ0) is 10.8. The fourth-order valence-corrected chi connectivity index (χ4v) is 2.86. The normalized spacial score (nSPS) is 34.5. The molecule has 0 aromatic carbocycles. The highest BCUT2D eigenvalue weighted by atomic mass is 31.1. The lowest BCUT2D eigenvalue weighted by Gasteiger charge is -2.31. The minimum Gasteiger partial charge on any atom is -0.390 e. The quantitative estimate of drug-likeness (QED) is 0.708. The Morgan fingerprint density at radius 3 is 2.57 bits per heavy atom. The van der Waals surface area contributed by atoms with Crippen molar-refractivity contribution in [1.82, 2.24) is 0 Å². The molecule has 3 atom stereocenters.